The summed E-state index contributed by atoms with van der Waals surface area (Å²) in [5.41, 5.74) is 2.75. The van der Waals surface area contributed by atoms with E-state index in [0.717, 1.165) is 16.8 Å². The van der Waals surface area contributed by atoms with E-state index in [2.05, 4.69) is 27.2 Å². The summed E-state index contributed by atoms with van der Waals surface area (Å²) in [7, 11) is 0. The number of urea groups is 1. The number of hydrogen-bond acceptors (Lipinski definition) is 4. The zero-order chi connectivity index (χ0) is 18.5. The summed E-state index contributed by atoms with van der Waals surface area (Å²) >= 11 is 1.38. The molecule has 0 spiro atoms. The minimum Gasteiger partial charge on any atom is -0.334 e. The van der Waals surface area contributed by atoms with E-state index in [4.69, 9.17) is 0 Å². The molecule has 2 aromatic heterocycles. The average Bonchev–Trinajstić information content (AvgIpc) is 3.11. The minimum atomic E-state index is -0.292. The third-order valence-corrected chi connectivity index (χ3v) is 3.62. The van der Waals surface area contributed by atoms with Crippen LogP contribution in [-0.2, 0) is 0 Å². The zero-order valence-corrected chi connectivity index (χ0v) is 15.6. The average molecular weight is 356 g/mol. The van der Waals surface area contributed by atoms with Gasteiger partial charge >= 0.3 is 6.03 Å². The van der Waals surface area contributed by atoms with Crippen LogP contribution in [0.3, 0.4) is 0 Å². The highest BCUT2D eigenvalue weighted by molar-refractivity contribution is 7.14. The quantitative estimate of drug-likeness (QED) is 0.712. The first-order valence-corrected chi connectivity index (χ1v) is 8.96. The highest BCUT2D eigenvalue weighted by Gasteiger charge is 2.07. The number of aromatic nitrogens is 2. The van der Waals surface area contributed by atoms with E-state index < -0.39 is 0 Å². The van der Waals surface area contributed by atoms with Crippen LogP contribution in [-0.4, -0.2) is 22.5 Å². The molecule has 2 N–H and O–H groups in total. The van der Waals surface area contributed by atoms with E-state index in [9.17, 15) is 4.79 Å². The van der Waals surface area contributed by atoms with E-state index in [1.54, 1.807) is 18.5 Å². The Morgan fingerprint density at radius 2 is 2.04 bits per heavy atom. The van der Waals surface area contributed by atoms with Gasteiger partial charge in [-0.05, 0) is 24.6 Å². The van der Waals surface area contributed by atoms with Gasteiger partial charge in [-0.2, -0.15) is 0 Å². The van der Waals surface area contributed by atoms with Crippen LogP contribution in [0.25, 0.3) is 11.3 Å². The maximum atomic E-state index is 11.9. The lowest BCUT2D eigenvalue weighted by atomic mass is 10.2. The summed E-state index contributed by atoms with van der Waals surface area (Å²) < 4.78 is 0. The molecule has 132 valence electrons. The molecule has 0 radical (unpaired) electrons. The van der Waals surface area contributed by atoms with Crippen LogP contribution in [0.1, 0.15) is 20.8 Å². The molecule has 2 amide bonds. The van der Waals surface area contributed by atoms with Crippen molar-refractivity contribution in [3.05, 3.63) is 66.4 Å². The molecule has 25 heavy (non-hydrogen) atoms. The molecule has 0 bridgehead atoms. The van der Waals surface area contributed by atoms with Crippen molar-refractivity contribution in [1.82, 2.24) is 15.3 Å². The normalized spacial score (nSPS) is 10.8. The first kappa shape index (κ1) is 20.3. The van der Waals surface area contributed by atoms with E-state index >= 15 is 0 Å². The van der Waals surface area contributed by atoms with Crippen LogP contribution >= 0.6 is 11.3 Å². The van der Waals surface area contributed by atoms with E-state index in [-0.39, 0.29) is 6.03 Å². The van der Waals surface area contributed by atoms with Gasteiger partial charge < -0.3 is 5.32 Å². The maximum Gasteiger partial charge on any atom is 0.321 e. The number of hydrogen-bond donors (Lipinski definition) is 2. The van der Waals surface area contributed by atoms with Crippen molar-refractivity contribution >= 4 is 22.5 Å². The van der Waals surface area contributed by atoms with Gasteiger partial charge in [-0.3, -0.25) is 10.3 Å². The Bertz CT molecular complexity index is 720. The molecule has 0 aliphatic heterocycles. The molecule has 2 aromatic rings. The Hall–Kier alpha value is -2.73. The fourth-order valence-corrected chi connectivity index (χ4v) is 2.56. The highest BCUT2D eigenvalue weighted by atomic mass is 32.1. The van der Waals surface area contributed by atoms with Crippen molar-refractivity contribution in [2.45, 2.75) is 20.8 Å². The number of carbonyl (C=O) groups is 1. The number of nitrogens with one attached hydrogen (secondary N) is 2. The standard InChI is InChI=1S/C17H18N4OS.C2H6/c1-3-5-13(6-4-2)11-19-16(22)21-17-20-15(12-23-17)14-7-9-18-10-8-14;1-2/h3-10,12H,1,11H2,2H3,(H2,19,20,21,22);1-2H3/b6-4-,13-5+;. The second kappa shape index (κ2) is 11.8. The van der Waals surface area contributed by atoms with Gasteiger partial charge in [0, 0.05) is 29.9 Å². The number of nitrogens with zero attached hydrogens (tertiary/aromatic N) is 2. The monoisotopic (exact) mass is 356 g/mol. The number of thiazole rings is 1. The largest absolute Gasteiger partial charge is 0.334 e. The molecular weight excluding hydrogens is 332 g/mol. The summed E-state index contributed by atoms with van der Waals surface area (Å²) in [5, 5.41) is 7.97. The van der Waals surface area contributed by atoms with Crippen LogP contribution in [0.5, 0.6) is 0 Å². The molecule has 0 saturated heterocycles. The summed E-state index contributed by atoms with van der Waals surface area (Å²) in [6, 6.07) is 3.46. The van der Waals surface area contributed by atoms with Gasteiger partial charge in [0.15, 0.2) is 5.13 Å². The van der Waals surface area contributed by atoms with Gasteiger partial charge in [-0.1, -0.05) is 44.7 Å². The van der Waals surface area contributed by atoms with Crippen molar-refractivity contribution in [2.75, 3.05) is 11.9 Å². The number of pyridine rings is 1. The number of anilines is 1. The smallest absolute Gasteiger partial charge is 0.321 e. The fraction of sp³-hybridized carbons (Fsp3) is 0.211. The van der Waals surface area contributed by atoms with Crippen LogP contribution in [0, 0.1) is 0 Å². The highest BCUT2D eigenvalue weighted by Crippen LogP contribution is 2.24. The lowest BCUT2D eigenvalue weighted by Gasteiger charge is -2.05. The SMILES string of the molecule is C=C/C=C(\C=C/C)CNC(=O)Nc1nc(-c2ccncc2)cs1.CC. The van der Waals surface area contributed by atoms with Crippen molar-refractivity contribution in [1.29, 1.82) is 0 Å². The molecule has 0 atom stereocenters. The number of amides is 2. The minimum absolute atomic E-state index is 0.292. The van der Waals surface area contributed by atoms with Gasteiger partial charge in [0.1, 0.15) is 0 Å². The van der Waals surface area contributed by atoms with Crippen LogP contribution < -0.4 is 10.6 Å². The molecule has 0 fully saturated rings. The molecular formula is C19H24N4OS. The first-order chi connectivity index (χ1) is 12.2. The Morgan fingerprint density at radius 3 is 2.68 bits per heavy atom. The third kappa shape index (κ3) is 7.14. The molecule has 2 heterocycles. The second-order valence-corrected chi connectivity index (χ2v) is 5.42. The number of allylic oxidation sites excluding steroid dienone is 3. The lowest BCUT2D eigenvalue weighted by Crippen LogP contribution is -2.30. The lowest BCUT2D eigenvalue weighted by molar-refractivity contribution is 0.253. The third-order valence-electron chi connectivity index (χ3n) is 2.87. The summed E-state index contributed by atoms with van der Waals surface area (Å²) in [6.45, 7) is 10.0. The molecule has 0 saturated carbocycles. The fourth-order valence-electron chi connectivity index (χ4n) is 1.85. The molecule has 0 unspecified atom stereocenters. The van der Waals surface area contributed by atoms with Crippen molar-refractivity contribution in [2.24, 2.45) is 0 Å². The maximum absolute atomic E-state index is 11.9. The summed E-state index contributed by atoms with van der Waals surface area (Å²) in [6.07, 6.45) is 10.8. The molecule has 0 aromatic carbocycles. The Labute approximate surface area is 153 Å². The van der Waals surface area contributed by atoms with Gasteiger partial charge in [0.05, 0.1) is 5.69 Å². The molecule has 6 heteroatoms. The predicted molar refractivity (Wildman–Crippen MR) is 107 cm³/mol. The van der Waals surface area contributed by atoms with Gasteiger partial charge in [0.25, 0.3) is 0 Å². The van der Waals surface area contributed by atoms with Crippen molar-refractivity contribution in [3.8, 4) is 11.3 Å². The van der Waals surface area contributed by atoms with Crippen molar-refractivity contribution in [3.63, 3.8) is 0 Å². The first-order valence-electron chi connectivity index (χ1n) is 8.08. The Morgan fingerprint density at radius 1 is 1.32 bits per heavy atom. The van der Waals surface area contributed by atoms with Gasteiger partial charge in [-0.25, -0.2) is 9.78 Å². The molecule has 2 rings (SSSR count). The van der Waals surface area contributed by atoms with Crippen molar-refractivity contribution < 1.29 is 4.79 Å². The molecule has 0 aliphatic carbocycles. The predicted octanol–water partition coefficient (Wildman–Crippen LogP) is 5.04. The number of carbonyl (C=O) groups excluding carboxylic acids is 1. The van der Waals surface area contributed by atoms with E-state index in [1.807, 2.05) is 56.5 Å². The van der Waals surface area contributed by atoms with E-state index in [1.165, 1.54) is 11.3 Å². The summed E-state index contributed by atoms with van der Waals surface area (Å²) in [5.74, 6) is 0. The van der Waals surface area contributed by atoms with Crippen LogP contribution in [0.15, 0.2) is 66.4 Å². The summed E-state index contributed by atoms with van der Waals surface area (Å²) in [4.78, 5) is 20.3. The molecule has 5 nitrogen and oxygen atoms in total. The molecule has 0 aliphatic rings. The van der Waals surface area contributed by atoms with Gasteiger partial charge in [-0.15, -0.1) is 11.3 Å². The Balaban J connectivity index is 0.00000151. The van der Waals surface area contributed by atoms with Gasteiger partial charge in [0.2, 0.25) is 0 Å². The van der Waals surface area contributed by atoms with E-state index in [0.29, 0.717) is 11.7 Å². The van der Waals surface area contributed by atoms with Crippen LogP contribution in [0.4, 0.5) is 9.93 Å². The zero-order valence-electron chi connectivity index (χ0n) is 14.8. The number of rotatable bonds is 6. The second-order valence-electron chi connectivity index (χ2n) is 4.56. The van der Waals surface area contributed by atoms with Crippen LogP contribution in [0.2, 0.25) is 0 Å². The topological polar surface area (TPSA) is 66.9 Å². The Kier molecular flexibility index (Phi) is 9.55.